The zero-order valence-electron chi connectivity index (χ0n) is 21.3. The summed E-state index contributed by atoms with van der Waals surface area (Å²) in [4.78, 5) is 0. The SMILES string of the molecule is CCCCCC(CC)(CC(C)O)OC(CC)(CCCCC)CC(C)O.OCC(O)CO. The Morgan fingerprint density at radius 3 is 1.19 bits per heavy atom. The van der Waals surface area contributed by atoms with Crippen LogP contribution in [0.4, 0.5) is 0 Å². The molecule has 0 aliphatic carbocycles. The summed E-state index contributed by atoms with van der Waals surface area (Å²) in [7, 11) is 0. The van der Waals surface area contributed by atoms with Crippen molar-refractivity contribution >= 4 is 0 Å². The van der Waals surface area contributed by atoms with Crippen molar-refractivity contribution in [3.05, 3.63) is 0 Å². The maximum absolute atomic E-state index is 10.1. The molecule has 31 heavy (non-hydrogen) atoms. The number of unbranched alkanes of at least 4 members (excludes halogenated alkanes) is 4. The van der Waals surface area contributed by atoms with Gasteiger partial charge in [-0.25, -0.2) is 0 Å². The predicted octanol–water partition coefficient (Wildman–Crippen LogP) is 4.33. The Morgan fingerprint density at radius 2 is 1.00 bits per heavy atom. The molecule has 0 aromatic heterocycles. The summed E-state index contributed by atoms with van der Waals surface area (Å²) >= 11 is 0. The Balaban J connectivity index is 0. The molecule has 4 unspecified atom stereocenters. The molecule has 190 valence electrons. The second kappa shape index (κ2) is 19.2. The molecule has 0 amide bonds. The summed E-state index contributed by atoms with van der Waals surface area (Å²) in [5.41, 5.74) is -0.555. The van der Waals surface area contributed by atoms with Crippen LogP contribution in [0.5, 0.6) is 0 Å². The largest absolute Gasteiger partial charge is 0.394 e. The Kier molecular flexibility index (Phi) is 20.5. The molecule has 0 saturated heterocycles. The third-order valence-corrected chi connectivity index (χ3v) is 5.95. The van der Waals surface area contributed by atoms with E-state index in [9.17, 15) is 10.2 Å². The van der Waals surface area contributed by atoms with E-state index in [2.05, 4.69) is 27.7 Å². The van der Waals surface area contributed by atoms with Crippen LogP contribution in [0.1, 0.15) is 119 Å². The van der Waals surface area contributed by atoms with E-state index >= 15 is 0 Å². The minimum Gasteiger partial charge on any atom is -0.394 e. The number of rotatable bonds is 18. The summed E-state index contributed by atoms with van der Waals surface area (Å²) in [6.45, 7) is 11.8. The van der Waals surface area contributed by atoms with E-state index in [1.165, 1.54) is 25.7 Å². The van der Waals surface area contributed by atoms with Gasteiger partial charge < -0.3 is 30.3 Å². The van der Waals surface area contributed by atoms with E-state index < -0.39 is 6.10 Å². The van der Waals surface area contributed by atoms with E-state index in [1.807, 2.05) is 13.8 Å². The van der Waals surface area contributed by atoms with Gasteiger partial charge in [0.05, 0.1) is 36.6 Å². The van der Waals surface area contributed by atoms with E-state index in [0.717, 1.165) is 38.5 Å². The number of hydrogen-bond donors (Lipinski definition) is 5. The predicted molar refractivity (Wildman–Crippen MR) is 128 cm³/mol. The molecule has 0 bridgehead atoms. The highest BCUT2D eigenvalue weighted by molar-refractivity contribution is 4.90. The first-order valence-corrected chi connectivity index (χ1v) is 12.6. The summed E-state index contributed by atoms with van der Waals surface area (Å²) in [5.74, 6) is 0. The van der Waals surface area contributed by atoms with Crippen LogP contribution in [-0.4, -0.2) is 68.3 Å². The average molecular weight is 451 g/mol. The molecule has 6 heteroatoms. The van der Waals surface area contributed by atoms with Crippen molar-refractivity contribution < 1.29 is 30.3 Å². The fourth-order valence-corrected chi connectivity index (χ4v) is 4.16. The first kappa shape index (κ1) is 32.9. The molecule has 5 N–H and O–H groups in total. The third-order valence-electron chi connectivity index (χ3n) is 5.95. The molecule has 0 heterocycles. The molecule has 0 aromatic rings. The van der Waals surface area contributed by atoms with Gasteiger partial charge in [-0.1, -0.05) is 66.2 Å². The fraction of sp³-hybridized carbons (Fsp3) is 1.00. The van der Waals surface area contributed by atoms with Gasteiger partial charge in [-0.2, -0.15) is 0 Å². The number of hydrogen-bond acceptors (Lipinski definition) is 6. The molecule has 0 aliphatic rings. The lowest BCUT2D eigenvalue weighted by Crippen LogP contribution is -2.47. The summed E-state index contributed by atoms with van der Waals surface area (Å²) in [6.07, 6.45) is 10.6. The van der Waals surface area contributed by atoms with Gasteiger partial charge in [0.25, 0.3) is 0 Å². The van der Waals surface area contributed by atoms with Crippen molar-refractivity contribution in [1.82, 2.24) is 0 Å². The smallest absolute Gasteiger partial charge is 0.100 e. The molecule has 0 aliphatic heterocycles. The lowest BCUT2D eigenvalue weighted by molar-refractivity contribution is -0.191. The maximum atomic E-state index is 10.1. The molecule has 0 saturated carbocycles. The summed E-state index contributed by atoms with van der Waals surface area (Å²) in [5, 5.41) is 44.2. The van der Waals surface area contributed by atoms with Crippen molar-refractivity contribution in [2.75, 3.05) is 13.2 Å². The quantitative estimate of drug-likeness (QED) is 0.199. The topological polar surface area (TPSA) is 110 Å². The van der Waals surface area contributed by atoms with Crippen molar-refractivity contribution in [2.24, 2.45) is 0 Å². The standard InChI is InChI=1S/C22H46O3.C3H8O3/c1-7-11-13-15-21(9-3,17-19(5)23)25-22(10-4,18-20(6)24)16-14-12-8-2;4-1-3(6)2-5/h19-20,23-24H,7-18H2,1-6H3;3-6H,1-2H2. The lowest BCUT2D eigenvalue weighted by atomic mass is 9.82. The highest BCUT2D eigenvalue weighted by Gasteiger charge is 2.40. The van der Waals surface area contributed by atoms with E-state index in [-0.39, 0.29) is 36.6 Å². The molecular weight excluding hydrogens is 396 g/mol. The monoisotopic (exact) mass is 450 g/mol. The molecular formula is C25H54O6. The highest BCUT2D eigenvalue weighted by atomic mass is 16.5. The Hall–Kier alpha value is -0.240. The lowest BCUT2D eigenvalue weighted by Gasteiger charge is -2.45. The molecule has 0 spiro atoms. The van der Waals surface area contributed by atoms with Gasteiger partial charge in [-0.05, 0) is 39.5 Å². The Bertz CT molecular complexity index is 356. The van der Waals surface area contributed by atoms with Crippen LogP contribution in [0.25, 0.3) is 0 Å². The van der Waals surface area contributed by atoms with Crippen LogP contribution in [0.3, 0.4) is 0 Å². The number of ether oxygens (including phenoxy) is 1. The minimum absolute atomic E-state index is 0.277. The Morgan fingerprint density at radius 1 is 0.645 bits per heavy atom. The molecule has 0 rings (SSSR count). The zero-order chi connectivity index (χ0) is 24.3. The molecule has 4 atom stereocenters. The minimum atomic E-state index is -0.954. The molecule has 6 nitrogen and oxygen atoms in total. The van der Waals surface area contributed by atoms with Gasteiger partial charge in [0.1, 0.15) is 6.10 Å². The van der Waals surface area contributed by atoms with E-state index in [0.29, 0.717) is 12.8 Å². The van der Waals surface area contributed by atoms with Crippen molar-refractivity contribution in [2.45, 2.75) is 148 Å². The van der Waals surface area contributed by atoms with Gasteiger partial charge in [0.15, 0.2) is 0 Å². The van der Waals surface area contributed by atoms with E-state index in [1.54, 1.807) is 0 Å². The normalized spacial score (nSPS) is 17.4. The van der Waals surface area contributed by atoms with Gasteiger partial charge >= 0.3 is 0 Å². The van der Waals surface area contributed by atoms with Crippen molar-refractivity contribution in [3.8, 4) is 0 Å². The van der Waals surface area contributed by atoms with Crippen LogP contribution in [0.2, 0.25) is 0 Å². The first-order valence-electron chi connectivity index (χ1n) is 12.6. The van der Waals surface area contributed by atoms with Crippen LogP contribution in [0, 0.1) is 0 Å². The molecule has 0 aromatic carbocycles. The van der Waals surface area contributed by atoms with Crippen molar-refractivity contribution in [3.63, 3.8) is 0 Å². The van der Waals surface area contributed by atoms with Crippen LogP contribution < -0.4 is 0 Å². The van der Waals surface area contributed by atoms with Gasteiger partial charge in [0.2, 0.25) is 0 Å². The second-order valence-corrected chi connectivity index (χ2v) is 9.21. The molecule has 0 radical (unpaired) electrons. The third kappa shape index (κ3) is 16.1. The van der Waals surface area contributed by atoms with Gasteiger partial charge in [0, 0.05) is 12.8 Å². The average Bonchev–Trinajstić information content (AvgIpc) is 2.72. The van der Waals surface area contributed by atoms with Crippen LogP contribution in [0.15, 0.2) is 0 Å². The van der Waals surface area contributed by atoms with Crippen LogP contribution >= 0.6 is 0 Å². The fourth-order valence-electron chi connectivity index (χ4n) is 4.16. The number of aliphatic hydroxyl groups excluding tert-OH is 5. The van der Waals surface area contributed by atoms with Gasteiger partial charge in [-0.15, -0.1) is 0 Å². The maximum Gasteiger partial charge on any atom is 0.100 e. The van der Waals surface area contributed by atoms with Crippen LogP contribution in [-0.2, 0) is 4.74 Å². The van der Waals surface area contributed by atoms with E-state index in [4.69, 9.17) is 20.1 Å². The highest BCUT2D eigenvalue weighted by Crippen LogP contribution is 2.40. The first-order chi connectivity index (χ1) is 14.6. The second-order valence-electron chi connectivity index (χ2n) is 9.21. The summed E-state index contributed by atoms with van der Waals surface area (Å²) in [6, 6.07) is 0. The summed E-state index contributed by atoms with van der Waals surface area (Å²) < 4.78 is 6.92. The van der Waals surface area contributed by atoms with Crippen molar-refractivity contribution in [1.29, 1.82) is 0 Å². The van der Waals surface area contributed by atoms with Gasteiger partial charge in [-0.3, -0.25) is 0 Å². The molecule has 0 fully saturated rings. The Labute approximate surface area is 192 Å². The zero-order valence-corrected chi connectivity index (χ0v) is 21.3. The number of aliphatic hydroxyl groups is 5.